The molecule has 1 aliphatic rings. The van der Waals surface area contributed by atoms with E-state index in [4.69, 9.17) is 0 Å². The van der Waals surface area contributed by atoms with Crippen LogP contribution in [0.4, 0.5) is 5.82 Å². The van der Waals surface area contributed by atoms with Crippen LogP contribution in [0.15, 0.2) is 47.8 Å². The summed E-state index contributed by atoms with van der Waals surface area (Å²) in [7, 11) is -1.74. The van der Waals surface area contributed by atoms with Crippen LogP contribution in [0.1, 0.15) is 31.7 Å². The maximum atomic E-state index is 13.2. The molecule has 1 saturated carbocycles. The third-order valence-corrected chi connectivity index (χ3v) is 8.01. The van der Waals surface area contributed by atoms with Crippen LogP contribution in [-0.4, -0.2) is 47.2 Å². The van der Waals surface area contributed by atoms with E-state index in [1.807, 2.05) is 14.0 Å². The maximum absolute atomic E-state index is 13.2. The lowest BCUT2D eigenvalue weighted by Crippen LogP contribution is -2.42. The number of aromatic nitrogens is 3. The summed E-state index contributed by atoms with van der Waals surface area (Å²) in [5, 5.41) is 10.2. The van der Waals surface area contributed by atoms with Gasteiger partial charge in [0.1, 0.15) is 12.1 Å². The topological polar surface area (TPSA) is 88.3 Å². The number of anilines is 1. The second kappa shape index (κ2) is 8.00. The Balaban J connectivity index is 1.71. The van der Waals surface area contributed by atoms with E-state index in [0.29, 0.717) is 22.9 Å². The van der Waals surface area contributed by atoms with Crippen molar-refractivity contribution in [3.05, 3.63) is 48.4 Å². The van der Waals surface area contributed by atoms with Crippen molar-refractivity contribution >= 4 is 26.9 Å². The number of benzene rings is 1. The highest BCUT2D eigenvalue weighted by molar-refractivity contribution is 7.90. The molecule has 0 amide bonds. The lowest BCUT2D eigenvalue weighted by atomic mass is 9.78. The number of hydrogen-bond donors (Lipinski definition) is 1. The number of nitrogens with zero attached hydrogens (tertiary/aromatic N) is 4. The Morgan fingerprint density at radius 2 is 1.90 bits per heavy atom. The standard InChI is InChI=1S/C22H28N4O3S/c1-15-4-7-18(8-5-15)30(28,29)26-11-10-19-21(23-14-24-22(19)26)25(3)20-9-6-17(13-27)12-16(20)2/h4-5,7-8,10-11,14,16-17,20,27H,6,9,12-13H2,1-3H3/t16-,17+,20?/m0/s1. The summed E-state index contributed by atoms with van der Waals surface area (Å²) in [5.41, 5.74) is 1.38. The number of aliphatic hydroxyl groups excluding tert-OH is 1. The minimum absolute atomic E-state index is 0.232. The fourth-order valence-electron chi connectivity index (χ4n) is 4.60. The van der Waals surface area contributed by atoms with Gasteiger partial charge in [0.25, 0.3) is 10.0 Å². The highest BCUT2D eigenvalue weighted by Gasteiger charge is 2.31. The van der Waals surface area contributed by atoms with Crippen molar-refractivity contribution in [2.24, 2.45) is 11.8 Å². The van der Waals surface area contributed by atoms with Crippen LogP contribution in [0.3, 0.4) is 0 Å². The third-order valence-electron chi connectivity index (χ3n) is 6.33. The fourth-order valence-corrected chi connectivity index (χ4v) is 5.91. The molecular weight excluding hydrogens is 400 g/mol. The summed E-state index contributed by atoms with van der Waals surface area (Å²) >= 11 is 0. The molecule has 3 aromatic rings. The largest absolute Gasteiger partial charge is 0.396 e. The first-order valence-electron chi connectivity index (χ1n) is 10.3. The first kappa shape index (κ1) is 20.8. The average Bonchev–Trinajstić information content (AvgIpc) is 3.18. The van der Waals surface area contributed by atoms with Crippen molar-refractivity contribution in [1.29, 1.82) is 0 Å². The molecule has 0 spiro atoms. The zero-order chi connectivity index (χ0) is 21.5. The van der Waals surface area contributed by atoms with Gasteiger partial charge in [-0.05, 0) is 56.2 Å². The van der Waals surface area contributed by atoms with Crippen molar-refractivity contribution in [3.8, 4) is 0 Å². The second-order valence-electron chi connectivity index (χ2n) is 8.38. The van der Waals surface area contributed by atoms with E-state index >= 15 is 0 Å². The normalized spacial score (nSPS) is 22.3. The van der Waals surface area contributed by atoms with Crippen LogP contribution in [0, 0.1) is 18.8 Å². The van der Waals surface area contributed by atoms with Gasteiger partial charge in [0, 0.05) is 25.9 Å². The summed E-state index contributed by atoms with van der Waals surface area (Å²) in [6.45, 7) is 4.36. The molecule has 0 saturated heterocycles. The fraction of sp³-hybridized carbons (Fsp3) is 0.455. The Labute approximate surface area is 177 Å². The zero-order valence-corrected chi connectivity index (χ0v) is 18.4. The summed E-state index contributed by atoms with van der Waals surface area (Å²) in [4.78, 5) is 11.2. The Morgan fingerprint density at radius 3 is 2.57 bits per heavy atom. The molecule has 8 heteroatoms. The number of aliphatic hydroxyl groups is 1. The molecule has 0 bridgehead atoms. The molecule has 4 rings (SSSR count). The highest BCUT2D eigenvalue weighted by atomic mass is 32.2. The van der Waals surface area contributed by atoms with Gasteiger partial charge in [-0.2, -0.15) is 0 Å². The van der Waals surface area contributed by atoms with Crippen LogP contribution in [-0.2, 0) is 10.0 Å². The summed E-state index contributed by atoms with van der Waals surface area (Å²) < 4.78 is 27.6. The van der Waals surface area contributed by atoms with Crippen LogP contribution >= 0.6 is 0 Å². The number of hydrogen-bond acceptors (Lipinski definition) is 6. The van der Waals surface area contributed by atoms with Crippen LogP contribution in [0.2, 0.25) is 0 Å². The van der Waals surface area contributed by atoms with E-state index in [2.05, 4.69) is 21.8 Å². The molecule has 2 heterocycles. The van der Waals surface area contributed by atoms with E-state index in [9.17, 15) is 13.5 Å². The number of aryl methyl sites for hydroxylation is 1. The predicted molar refractivity (Wildman–Crippen MR) is 117 cm³/mol. The Morgan fingerprint density at radius 1 is 1.17 bits per heavy atom. The molecule has 1 aromatic carbocycles. The van der Waals surface area contributed by atoms with Crippen molar-refractivity contribution in [3.63, 3.8) is 0 Å². The van der Waals surface area contributed by atoms with Gasteiger partial charge in [0.15, 0.2) is 5.65 Å². The van der Waals surface area contributed by atoms with Gasteiger partial charge in [0.05, 0.1) is 10.3 Å². The number of fused-ring (bicyclic) bond motifs is 1. The average molecular weight is 429 g/mol. The molecule has 1 N–H and O–H groups in total. The molecule has 3 atom stereocenters. The predicted octanol–water partition coefficient (Wildman–Crippen LogP) is 3.21. The highest BCUT2D eigenvalue weighted by Crippen LogP contribution is 2.35. The minimum Gasteiger partial charge on any atom is -0.396 e. The molecule has 30 heavy (non-hydrogen) atoms. The van der Waals surface area contributed by atoms with Gasteiger partial charge >= 0.3 is 0 Å². The number of rotatable bonds is 5. The maximum Gasteiger partial charge on any atom is 0.269 e. The molecular formula is C22H28N4O3S. The zero-order valence-electron chi connectivity index (χ0n) is 17.6. The van der Waals surface area contributed by atoms with Crippen LogP contribution in [0.5, 0.6) is 0 Å². The van der Waals surface area contributed by atoms with Gasteiger partial charge in [-0.1, -0.05) is 24.6 Å². The Bertz CT molecular complexity index is 1140. The minimum atomic E-state index is -3.75. The second-order valence-corrected chi connectivity index (χ2v) is 10.2. The first-order valence-corrected chi connectivity index (χ1v) is 11.7. The molecule has 0 aliphatic heterocycles. The van der Waals surface area contributed by atoms with Gasteiger partial charge in [-0.15, -0.1) is 0 Å². The summed E-state index contributed by atoms with van der Waals surface area (Å²) in [6.07, 6.45) is 5.91. The molecule has 1 aliphatic carbocycles. The third kappa shape index (κ3) is 3.58. The molecule has 1 fully saturated rings. The van der Waals surface area contributed by atoms with Crippen molar-refractivity contribution in [2.45, 2.75) is 44.0 Å². The molecule has 0 radical (unpaired) electrons. The molecule has 2 aromatic heterocycles. The smallest absolute Gasteiger partial charge is 0.269 e. The van der Waals surface area contributed by atoms with Crippen LogP contribution in [0.25, 0.3) is 11.0 Å². The SMILES string of the molecule is Cc1ccc(S(=O)(=O)n2ccc3c(N(C)C4CC[C@@H](CO)C[C@@H]4C)ncnc32)cc1. The van der Waals surface area contributed by atoms with E-state index in [0.717, 1.165) is 30.6 Å². The van der Waals surface area contributed by atoms with E-state index in [1.165, 1.54) is 10.3 Å². The van der Waals surface area contributed by atoms with Crippen molar-refractivity contribution in [1.82, 2.24) is 13.9 Å². The molecule has 160 valence electrons. The van der Waals surface area contributed by atoms with Crippen molar-refractivity contribution < 1.29 is 13.5 Å². The van der Waals surface area contributed by atoms with Gasteiger partial charge in [-0.25, -0.2) is 22.4 Å². The van der Waals surface area contributed by atoms with Gasteiger partial charge in [-0.3, -0.25) is 0 Å². The van der Waals surface area contributed by atoms with Crippen molar-refractivity contribution in [2.75, 3.05) is 18.6 Å². The van der Waals surface area contributed by atoms with E-state index in [-0.39, 0.29) is 17.5 Å². The molecule has 7 nitrogen and oxygen atoms in total. The summed E-state index contributed by atoms with van der Waals surface area (Å²) in [6, 6.07) is 8.87. The van der Waals surface area contributed by atoms with Gasteiger partial charge in [0.2, 0.25) is 0 Å². The monoisotopic (exact) mass is 428 g/mol. The lowest BCUT2D eigenvalue weighted by molar-refractivity contribution is 0.153. The first-order chi connectivity index (χ1) is 14.3. The molecule has 1 unspecified atom stereocenters. The van der Waals surface area contributed by atoms with Gasteiger partial charge < -0.3 is 10.0 Å². The Kier molecular flexibility index (Phi) is 5.55. The van der Waals surface area contributed by atoms with Crippen LogP contribution < -0.4 is 4.90 Å². The lowest BCUT2D eigenvalue weighted by Gasteiger charge is -2.39. The summed E-state index contributed by atoms with van der Waals surface area (Å²) in [5.74, 6) is 1.50. The van der Waals surface area contributed by atoms with E-state index in [1.54, 1.807) is 36.5 Å². The quantitative estimate of drug-likeness (QED) is 0.671. The van der Waals surface area contributed by atoms with E-state index < -0.39 is 10.0 Å². The Hall–Kier alpha value is -2.45.